The fraction of sp³-hybridized carbons (Fsp3) is 0.192. The maximum Gasteiger partial charge on any atom is 0.344 e. The number of carbonyl (C=O) groups is 3. The van der Waals surface area contributed by atoms with Gasteiger partial charge in [-0.1, -0.05) is 24.3 Å². The van der Waals surface area contributed by atoms with E-state index in [2.05, 4.69) is 10.6 Å². The van der Waals surface area contributed by atoms with Crippen LogP contribution in [0.15, 0.2) is 72.8 Å². The van der Waals surface area contributed by atoms with Crippen molar-refractivity contribution < 1.29 is 33.3 Å². The first-order valence-electron chi connectivity index (χ1n) is 10.8. The number of esters is 1. The molecule has 0 aliphatic heterocycles. The van der Waals surface area contributed by atoms with Gasteiger partial charge in [0.1, 0.15) is 5.75 Å². The summed E-state index contributed by atoms with van der Waals surface area (Å²) in [6.45, 7) is 1.45. The van der Waals surface area contributed by atoms with Crippen LogP contribution in [0.4, 0.5) is 11.4 Å². The topological polar surface area (TPSA) is 112 Å². The van der Waals surface area contributed by atoms with Crippen LogP contribution in [0.2, 0.25) is 0 Å². The summed E-state index contributed by atoms with van der Waals surface area (Å²) in [5.41, 5.74) is 1.39. The van der Waals surface area contributed by atoms with Crippen LogP contribution in [-0.4, -0.2) is 44.7 Å². The van der Waals surface area contributed by atoms with Crippen molar-refractivity contribution in [1.29, 1.82) is 0 Å². The van der Waals surface area contributed by atoms with Gasteiger partial charge < -0.3 is 29.6 Å². The highest BCUT2D eigenvalue weighted by Gasteiger charge is 2.12. The molecule has 35 heavy (non-hydrogen) atoms. The number of benzene rings is 3. The Labute approximate surface area is 203 Å². The number of amides is 2. The number of hydrogen-bond donors (Lipinski definition) is 2. The predicted molar refractivity (Wildman–Crippen MR) is 130 cm³/mol. The van der Waals surface area contributed by atoms with Crippen molar-refractivity contribution in [2.24, 2.45) is 0 Å². The summed E-state index contributed by atoms with van der Waals surface area (Å²) in [6, 6.07) is 20.3. The largest absolute Gasteiger partial charge is 0.495 e. The number of ether oxygens (including phenoxy) is 4. The third kappa shape index (κ3) is 7.50. The Morgan fingerprint density at radius 2 is 1.37 bits per heavy atom. The first-order valence-corrected chi connectivity index (χ1v) is 10.8. The quantitative estimate of drug-likeness (QED) is 0.402. The Kier molecular flexibility index (Phi) is 9.07. The standard InChI is InChI=1S/C26H26N2O7/c1-3-33-22-10-6-7-11-23(22)34-17-25(30)35-16-24(29)27-19-14-12-18(13-15-19)26(31)28-20-8-4-5-9-21(20)32-2/h4-15H,3,16-17H2,1-2H3,(H,27,29)(H,28,31). The van der Waals surface area contributed by atoms with Crippen molar-refractivity contribution in [3.8, 4) is 17.2 Å². The van der Waals surface area contributed by atoms with Gasteiger partial charge in [-0.15, -0.1) is 0 Å². The summed E-state index contributed by atoms with van der Waals surface area (Å²) in [5.74, 6) is -0.0873. The molecule has 2 N–H and O–H groups in total. The van der Waals surface area contributed by atoms with Crippen LogP contribution < -0.4 is 24.8 Å². The minimum Gasteiger partial charge on any atom is -0.495 e. The van der Waals surface area contributed by atoms with Gasteiger partial charge >= 0.3 is 5.97 Å². The maximum absolute atomic E-state index is 12.5. The lowest BCUT2D eigenvalue weighted by molar-refractivity contribution is -0.149. The highest BCUT2D eigenvalue weighted by molar-refractivity contribution is 6.05. The fourth-order valence-corrected chi connectivity index (χ4v) is 3.01. The van der Waals surface area contributed by atoms with E-state index in [-0.39, 0.29) is 12.5 Å². The summed E-state index contributed by atoms with van der Waals surface area (Å²) in [5, 5.41) is 5.38. The molecule has 3 rings (SSSR count). The van der Waals surface area contributed by atoms with Crippen molar-refractivity contribution in [1.82, 2.24) is 0 Å². The Hall–Kier alpha value is -4.53. The van der Waals surface area contributed by atoms with Crippen LogP contribution in [0.25, 0.3) is 0 Å². The van der Waals surface area contributed by atoms with Crippen LogP contribution in [-0.2, 0) is 14.3 Å². The van der Waals surface area contributed by atoms with Crippen LogP contribution in [0.3, 0.4) is 0 Å². The van der Waals surface area contributed by atoms with E-state index < -0.39 is 18.5 Å². The predicted octanol–water partition coefficient (Wildman–Crippen LogP) is 3.91. The Morgan fingerprint density at radius 3 is 2.03 bits per heavy atom. The third-order valence-corrected chi connectivity index (χ3v) is 4.64. The SMILES string of the molecule is CCOc1ccccc1OCC(=O)OCC(=O)Nc1ccc(C(=O)Nc2ccccc2OC)cc1. The van der Waals surface area contributed by atoms with Crippen LogP contribution in [0.1, 0.15) is 17.3 Å². The number of nitrogens with one attached hydrogen (secondary N) is 2. The molecule has 182 valence electrons. The van der Waals surface area contributed by atoms with E-state index in [0.717, 1.165) is 0 Å². The van der Waals surface area contributed by atoms with Crippen molar-refractivity contribution in [3.63, 3.8) is 0 Å². The minimum absolute atomic E-state index is 0.327. The normalized spacial score (nSPS) is 10.1. The molecule has 0 aromatic heterocycles. The minimum atomic E-state index is -0.699. The Morgan fingerprint density at radius 1 is 0.743 bits per heavy atom. The molecular weight excluding hydrogens is 452 g/mol. The molecule has 0 atom stereocenters. The summed E-state index contributed by atoms with van der Waals surface area (Å²) in [7, 11) is 1.52. The second kappa shape index (κ2) is 12.6. The highest BCUT2D eigenvalue weighted by atomic mass is 16.6. The van der Waals surface area contributed by atoms with Gasteiger partial charge in [0.2, 0.25) is 0 Å². The van der Waals surface area contributed by atoms with Gasteiger partial charge in [0.25, 0.3) is 11.8 Å². The second-order valence-corrected chi connectivity index (χ2v) is 7.11. The lowest BCUT2D eigenvalue weighted by atomic mass is 10.2. The molecule has 0 saturated heterocycles. The molecule has 3 aromatic rings. The molecule has 0 radical (unpaired) electrons. The molecule has 9 nitrogen and oxygen atoms in total. The lowest BCUT2D eigenvalue weighted by Crippen LogP contribution is -2.23. The molecule has 2 amide bonds. The third-order valence-electron chi connectivity index (χ3n) is 4.64. The average molecular weight is 479 g/mol. The molecule has 9 heteroatoms. The monoisotopic (exact) mass is 478 g/mol. The van der Waals surface area contributed by atoms with E-state index in [1.54, 1.807) is 72.8 Å². The molecule has 0 heterocycles. The maximum atomic E-state index is 12.5. The number of rotatable bonds is 11. The van der Waals surface area contributed by atoms with Crippen molar-refractivity contribution in [3.05, 3.63) is 78.4 Å². The smallest absolute Gasteiger partial charge is 0.344 e. The van der Waals surface area contributed by atoms with Crippen molar-refractivity contribution >= 4 is 29.2 Å². The molecule has 0 fully saturated rings. The number of anilines is 2. The van der Waals surface area contributed by atoms with E-state index >= 15 is 0 Å². The van der Waals surface area contributed by atoms with E-state index in [1.807, 2.05) is 6.92 Å². The van der Waals surface area contributed by atoms with Crippen LogP contribution >= 0.6 is 0 Å². The van der Waals surface area contributed by atoms with Gasteiger partial charge in [0.15, 0.2) is 24.7 Å². The zero-order chi connectivity index (χ0) is 25.0. The van der Waals surface area contributed by atoms with E-state index in [9.17, 15) is 14.4 Å². The molecule has 0 saturated carbocycles. The van der Waals surface area contributed by atoms with E-state index in [1.165, 1.54) is 7.11 Å². The van der Waals surface area contributed by atoms with Crippen molar-refractivity contribution in [2.45, 2.75) is 6.92 Å². The Balaban J connectivity index is 1.44. The van der Waals surface area contributed by atoms with Crippen LogP contribution in [0.5, 0.6) is 17.2 Å². The first kappa shape index (κ1) is 25.1. The second-order valence-electron chi connectivity index (χ2n) is 7.11. The van der Waals surface area contributed by atoms with Gasteiger partial charge in [-0.3, -0.25) is 9.59 Å². The number of methoxy groups -OCH3 is 1. The molecular formula is C26H26N2O7. The summed E-state index contributed by atoms with van der Waals surface area (Å²) in [6.07, 6.45) is 0. The first-order chi connectivity index (χ1) is 17.0. The fourth-order valence-electron chi connectivity index (χ4n) is 3.01. The highest BCUT2D eigenvalue weighted by Crippen LogP contribution is 2.26. The van der Waals surface area contributed by atoms with Gasteiger partial charge in [0, 0.05) is 11.3 Å². The molecule has 0 unspecified atom stereocenters. The zero-order valence-electron chi connectivity index (χ0n) is 19.4. The zero-order valence-corrected chi connectivity index (χ0v) is 19.4. The van der Waals surface area contributed by atoms with E-state index in [4.69, 9.17) is 18.9 Å². The van der Waals surface area contributed by atoms with Gasteiger partial charge in [-0.2, -0.15) is 0 Å². The lowest BCUT2D eigenvalue weighted by Gasteiger charge is -2.11. The molecule has 0 aliphatic carbocycles. The molecule has 3 aromatic carbocycles. The van der Waals surface area contributed by atoms with Gasteiger partial charge in [-0.25, -0.2) is 4.79 Å². The summed E-state index contributed by atoms with van der Waals surface area (Å²) < 4.78 is 21.0. The average Bonchev–Trinajstić information content (AvgIpc) is 2.88. The molecule has 0 bridgehead atoms. The van der Waals surface area contributed by atoms with Gasteiger partial charge in [-0.05, 0) is 55.5 Å². The molecule has 0 spiro atoms. The summed E-state index contributed by atoms with van der Waals surface area (Å²) >= 11 is 0. The number of para-hydroxylation sites is 4. The van der Waals surface area contributed by atoms with Crippen molar-refractivity contribution in [2.75, 3.05) is 37.6 Å². The van der Waals surface area contributed by atoms with Gasteiger partial charge in [0.05, 0.1) is 19.4 Å². The number of carbonyl (C=O) groups excluding carboxylic acids is 3. The van der Waals surface area contributed by atoms with E-state index in [0.29, 0.717) is 40.8 Å². The van der Waals surface area contributed by atoms with Crippen LogP contribution in [0, 0.1) is 0 Å². The molecule has 0 aliphatic rings. The summed E-state index contributed by atoms with van der Waals surface area (Å²) in [4.78, 5) is 36.5. The Bertz CT molecular complexity index is 1160. The number of hydrogen-bond acceptors (Lipinski definition) is 7.